The van der Waals surface area contributed by atoms with Crippen molar-refractivity contribution in [2.45, 2.75) is 50.8 Å². The summed E-state index contributed by atoms with van der Waals surface area (Å²) < 4.78 is 5.42. The van der Waals surface area contributed by atoms with Gasteiger partial charge < -0.3 is 36.7 Å². The number of carbonyl (C=O) groups excluding carboxylic acids is 1. The zero-order chi connectivity index (χ0) is 30.1. The molecule has 2 atom stereocenters. The van der Waals surface area contributed by atoms with E-state index >= 15 is 0 Å². The average molecular weight is 573 g/mol. The van der Waals surface area contributed by atoms with Crippen molar-refractivity contribution in [3.05, 3.63) is 95.2 Å². The molecular formula is C32H36N4O6. The molecule has 10 nitrogen and oxygen atoms in total. The Balaban J connectivity index is 0.000000349. The Labute approximate surface area is 243 Å². The first-order valence-corrected chi connectivity index (χ1v) is 13.9. The molecule has 3 aromatic carbocycles. The smallest absolute Gasteiger partial charge is 0.408 e. The van der Waals surface area contributed by atoms with E-state index in [1.165, 1.54) is 11.1 Å². The summed E-state index contributed by atoms with van der Waals surface area (Å²) in [5, 5.41) is 21.4. The monoisotopic (exact) mass is 572 g/mol. The van der Waals surface area contributed by atoms with E-state index in [0.29, 0.717) is 13.0 Å². The van der Waals surface area contributed by atoms with Gasteiger partial charge in [0.15, 0.2) is 0 Å². The van der Waals surface area contributed by atoms with Gasteiger partial charge in [0.2, 0.25) is 0 Å². The van der Waals surface area contributed by atoms with Gasteiger partial charge in [0.05, 0.1) is 0 Å². The molecule has 4 aromatic rings. The predicted molar refractivity (Wildman–Crippen MR) is 160 cm³/mol. The highest BCUT2D eigenvalue weighted by molar-refractivity contribution is 5.85. The van der Waals surface area contributed by atoms with Crippen LogP contribution < -0.4 is 16.8 Å². The highest BCUT2D eigenvalue weighted by Crippen LogP contribution is 2.38. The third-order valence-electron chi connectivity index (χ3n) is 7.28. The van der Waals surface area contributed by atoms with Crippen molar-refractivity contribution in [3.63, 3.8) is 0 Å². The molecule has 1 aliphatic carbocycles. The van der Waals surface area contributed by atoms with Gasteiger partial charge in [-0.25, -0.2) is 9.59 Å². The molecule has 220 valence electrons. The molecule has 1 heterocycles. The van der Waals surface area contributed by atoms with Gasteiger partial charge >= 0.3 is 18.0 Å². The lowest BCUT2D eigenvalue weighted by atomic mass is 10.0. The van der Waals surface area contributed by atoms with E-state index in [1.807, 2.05) is 48.5 Å². The van der Waals surface area contributed by atoms with E-state index < -0.39 is 30.1 Å². The zero-order valence-electron chi connectivity index (χ0n) is 23.2. The molecule has 0 aliphatic heterocycles. The maximum Gasteiger partial charge on any atom is 0.408 e. The van der Waals surface area contributed by atoms with Crippen LogP contribution in [-0.2, 0) is 33.8 Å². The number of rotatable bonds is 11. The molecule has 8 N–H and O–H groups in total. The van der Waals surface area contributed by atoms with Crippen LogP contribution in [0.1, 0.15) is 41.5 Å². The summed E-state index contributed by atoms with van der Waals surface area (Å²) >= 11 is 0. The van der Waals surface area contributed by atoms with E-state index in [0.717, 1.165) is 52.4 Å². The van der Waals surface area contributed by atoms with Crippen LogP contribution in [-0.4, -0.2) is 51.9 Å². The number of ether oxygens (including phenoxy) is 1. The zero-order valence-corrected chi connectivity index (χ0v) is 23.2. The van der Waals surface area contributed by atoms with Gasteiger partial charge in [-0.05, 0) is 65.3 Å². The van der Waals surface area contributed by atoms with E-state index in [2.05, 4.69) is 28.5 Å². The highest BCUT2D eigenvalue weighted by Gasteiger charge is 2.24. The number of nitrogens with one attached hydrogen (secondary N) is 2. The van der Waals surface area contributed by atoms with Crippen LogP contribution >= 0.6 is 0 Å². The van der Waals surface area contributed by atoms with Crippen molar-refractivity contribution < 1.29 is 29.3 Å². The summed E-state index contributed by atoms with van der Waals surface area (Å²) in [4.78, 5) is 37.5. The number of carbonyl (C=O) groups is 3. The van der Waals surface area contributed by atoms with Gasteiger partial charge in [0.1, 0.15) is 18.7 Å². The summed E-state index contributed by atoms with van der Waals surface area (Å²) in [6, 6.07) is 20.1. The van der Waals surface area contributed by atoms with Crippen molar-refractivity contribution in [2.24, 2.45) is 11.5 Å². The number of amides is 1. The first kappa shape index (κ1) is 30.3. The standard InChI is InChI=1S/C26H22N2O4.C6H14N2O2/c29-25(30)24(13-18-14-27-23-11-4-3-9-20(18)23)28-26(31)32-15-17-7-5-10-21-19-8-2-1-6-16(19)12-22(17)21;7-4-2-1-3-5(8)6(9)10/h1-11,14,24,27H,12-13,15H2,(H,28,31)(H,29,30);5H,1-4,7-8H2,(H,9,10). The number of unbranched alkanes of at least 4 members (excludes halogenated alkanes) is 1. The van der Waals surface area contributed by atoms with Crippen LogP contribution in [0.4, 0.5) is 4.79 Å². The molecule has 42 heavy (non-hydrogen) atoms. The van der Waals surface area contributed by atoms with Crippen molar-refractivity contribution in [3.8, 4) is 11.1 Å². The third kappa shape index (κ3) is 7.54. The second kappa shape index (κ2) is 14.3. The van der Waals surface area contributed by atoms with Gasteiger partial charge in [-0.3, -0.25) is 4.79 Å². The van der Waals surface area contributed by atoms with Crippen molar-refractivity contribution in [1.82, 2.24) is 10.3 Å². The van der Waals surface area contributed by atoms with Crippen LogP contribution in [0.3, 0.4) is 0 Å². The maximum absolute atomic E-state index is 12.4. The molecule has 0 spiro atoms. The number of aliphatic carboxylic acids is 2. The molecule has 1 amide bonds. The van der Waals surface area contributed by atoms with Gasteiger partial charge in [-0.15, -0.1) is 0 Å². The van der Waals surface area contributed by atoms with Crippen LogP contribution in [0.15, 0.2) is 72.9 Å². The number of fused-ring (bicyclic) bond motifs is 4. The first-order valence-electron chi connectivity index (χ1n) is 13.9. The average Bonchev–Trinajstić information content (AvgIpc) is 3.58. The van der Waals surface area contributed by atoms with Crippen molar-refractivity contribution in [2.75, 3.05) is 6.54 Å². The summed E-state index contributed by atoms with van der Waals surface area (Å²) in [6.45, 7) is 0.689. The van der Waals surface area contributed by atoms with Crippen molar-refractivity contribution in [1.29, 1.82) is 0 Å². The van der Waals surface area contributed by atoms with Crippen LogP contribution in [0, 0.1) is 0 Å². The molecule has 5 rings (SSSR count). The number of benzene rings is 3. The van der Waals surface area contributed by atoms with E-state index in [-0.39, 0.29) is 13.0 Å². The number of hydrogen-bond acceptors (Lipinski definition) is 6. The molecule has 0 saturated carbocycles. The number of H-pyrrole nitrogens is 1. The Hall–Kier alpha value is -4.67. The Bertz CT molecular complexity index is 1550. The number of carboxylic acid groups (broad SMARTS) is 2. The summed E-state index contributed by atoms with van der Waals surface area (Å²) in [5.41, 5.74) is 17.9. The van der Waals surface area contributed by atoms with Gasteiger partial charge in [-0.1, -0.05) is 67.1 Å². The van der Waals surface area contributed by atoms with Crippen LogP contribution in [0.5, 0.6) is 0 Å². The fourth-order valence-corrected chi connectivity index (χ4v) is 5.04. The number of alkyl carbamates (subject to hydrolysis) is 1. The number of para-hydroxylation sites is 1. The molecule has 0 fully saturated rings. The lowest BCUT2D eigenvalue weighted by Crippen LogP contribution is -2.42. The molecule has 0 saturated heterocycles. The lowest BCUT2D eigenvalue weighted by molar-refractivity contribution is -0.140. The van der Waals surface area contributed by atoms with Crippen LogP contribution in [0.25, 0.3) is 22.0 Å². The van der Waals surface area contributed by atoms with E-state index in [9.17, 15) is 19.5 Å². The predicted octanol–water partition coefficient (Wildman–Crippen LogP) is 4.19. The minimum absolute atomic E-state index is 0.0857. The lowest BCUT2D eigenvalue weighted by Gasteiger charge is -2.15. The Morgan fingerprint density at radius 3 is 2.40 bits per heavy atom. The number of aromatic nitrogens is 1. The highest BCUT2D eigenvalue weighted by atomic mass is 16.5. The quantitative estimate of drug-likeness (QED) is 0.127. The van der Waals surface area contributed by atoms with Gasteiger partial charge in [0, 0.05) is 23.5 Å². The second-order valence-electron chi connectivity index (χ2n) is 10.2. The molecule has 1 aliphatic rings. The number of aromatic amines is 1. The Morgan fingerprint density at radius 2 is 1.64 bits per heavy atom. The molecule has 10 heteroatoms. The number of nitrogens with two attached hydrogens (primary N) is 2. The van der Waals surface area contributed by atoms with Crippen LogP contribution in [0.2, 0.25) is 0 Å². The fourth-order valence-electron chi connectivity index (χ4n) is 5.04. The molecular weight excluding hydrogens is 536 g/mol. The van der Waals surface area contributed by atoms with Gasteiger partial charge in [0.25, 0.3) is 0 Å². The summed E-state index contributed by atoms with van der Waals surface area (Å²) in [6.07, 6.45) is 4.15. The SMILES string of the molecule is NCCCCC(N)C(=O)O.O=C(NC(Cc1c[nH]c2ccccc12)C(=O)O)OCc1cccc2c1Cc1ccccc1-2. The largest absolute Gasteiger partial charge is 0.480 e. The maximum atomic E-state index is 12.4. The van der Waals surface area contributed by atoms with E-state index in [1.54, 1.807) is 6.20 Å². The topological polar surface area (TPSA) is 181 Å². The van der Waals surface area contributed by atoms with Crippen molar-refractivity contribution >= 4 is 28.9 Å². The normalized spacial score (nSPS) is 12.8. The number of hydrogen-bond donors (Lipinski definition) is 6. The minimum atomic E-state index is -1.11. The molecule has 2 unspecified atom stereocenters. The molecule has 0 radical (unpaired) electrons. The minimum Gasteiger partial charge on any atom is -0.480 e. The Morgan fingerprint density at radius 1 is 0.905 bits per heavy atom. The summed E-state index contributed by atoms with van der Waals surface area (Å²) in [7, 11) is 0. The number of carboxylic acids is 2. The summed E-state index contributed by atoms with van der Waals surface area (Å²) in [5.74, 6) is -2.04. The van der Waals surface area contributed by atoms with E-state index in [4.69, 9.17) is 21.3 Å². The fraction of sp³-hybridized carbons (Fsp3) is 0.281. The Kier molecular flexibility index (Phi) is 10.3. The van der Waals surface area contributed by atoms with Gasteiger partial charge in [-0.2, -0.15) is 0 Å². The molecule has 0 bridgehead atoms. The first-order chi connectivity index (χ1) is 20.3. The third-order valence-corrected chi connectivity index (χ3v) is 7.28. The molecule has 1 aromatic heterocycles. The second-order valence-corrected chi connectivity index (χ2v) is 10.2.